The van der Waals surface area contributed by atoms with E-state index in [2.05, 4.69) is 12.3 Å². The summed E-state index contributed by atoms with van der Waals surface area (Å²) in [4.78, 5) is 14.4. The minimum atomic E-state index is -0.493. The number of aryl methyl sites for hydroxylation is 1. The van der Waals surface area contributed by atoms with E-state index in [-0.39, 0.29) is 12.1 Å². The first kappa shape index (κ1) is 17.0. The summed E-state index contributed by atoms with van der Waals surface area (Å²) in [6.07, 6.45) is 5.73. The molecule has 5 heteroatoms. The number of ether oxygens (including phenoxy) is 1. The van der Waals surface area contributed by atoms with Gasteiger partial charge in [0, 0.05) is 17.6 Å². The SMILES string of the molecule is C[n+]1ccc2cc(Cl)cc(C3CCCN3C(=O)OC(C)(C)C)c2c1. The molecule has 1 fully saturated rings. The third-order valence-electron chi connectivity index (χ3n) is 4.27. The van der Waals surface area contributed by atoms with Crippen LogP contribution in [0.25, 0.3) is 10.8 Å². The number of rotatable bonds is 1. The molecule has 0 saturated carbocycles. The van der Waals surface area contributed by atoms with Crippen LogP contribution >= 0.6 is 11.6 Å². The van der Waals surface area contributed by atoms with E-state index in [9.17, 15) is 4.79 Å². The molecular weight excluding hydrogens is 324 g/mol. The zero-order chi connectivity index (χ0) is 17.5. The highest BCUT2D eigenvalue weighted by molar-refractivity contribution is 6.31. The van der Waals surface area contributed by atoms with Crippen LogP contribution in [-0.4, -0.2) is 23.1 Å². The van der Waals surface area contributed by atoms with Gasteiger partial charge >= 0.3 is 6.09 Å². The monoisotopic (exact) mass is 347 g/mol. The van der Waals surface area contributed by atoms with Crippen molar-refractivity contribution in [2.45, 2.75) is 45.3 Å². The standard InChI is InChI=1S/C19H24ClN2O2/c1-19(2,3)24-18(23)22-8-5-6-17(22)15-11-14(20)10-13-7-9-21(4)12-16(13)15/h7,9-12,17H,5-6,8H2,1-4H3/q+1. The van der Waals surface area contributed by atoms with Gasteiger partial charge in [0.2, 0.25) is 0 Å². The molecule has 2 aromatic rings. The number of pyridine rings is 1. The van der Waals surface area contributed by atoms with E-state index in [1.807, 2.05) is 55.6 Å². The number of benzene rings is 1. The predicted molar refractivity (Wildman–Crippen MR) is 95.0 cm³/mol. The number of fused-ring (bicyclic) bond motifs is 1. The number of carbonyl (C=O) groups excluding carboxylic acids is 1. The van der Waals surface area contributed by atoms with Gasteiger partial charge in [-0.1, -0.05) is 11.6 Å². The third kappa shape index (κ3) is 3.48. The van der Waals surface area contributed by atoms with Crippen LogP contribution in [0.4, 0.5) is 4.79 Å². The van der Waals surface area contributed by atoms with Gasteiger partial charge in [-0.3, -0.25) is 0 Å². The molecule has 1 saturated heterocycles. The summed E-state index contributed by atoms with van der Waals surface area (Å²) in [7, 11) is 2.00. The van der Waals surface area contributed by atoms with Crippen LogP contribution in [0, 0.1) is 0 Å². The molecular formula is C19H24ClN2O2+. The second kappa shape index (κ2) is 6.25. The largest absolute Gasteiger partial charge is 0.444 e. The van der Waals surface area contributed by atoms with Crippen molar-refractivity contribution in [1.82, 2.24) is 4.90 Å². The van der Waals surface area contributed by atoms with E-state index in [0.29, 0.717) is 11.6 Å². The summed E-state index contributed by atoms with van der Waals surface area (Å²) in [6.45, 7) is 6.40. The smallest absolute Gasteiger partial charge is 0.410 e. The molecule has 1 aromatic carbocycles. The van der Waals surface area contributed by atoms with Crippen LogP contribution in [0.5, 0.6) is 0 Å². The van der Waals surface area contributed by atoms with Gasteiger partial charge in [-0.05, 0) is 56.7 Å². The van der Waals surface area contributed by atoms with Crippen molar-refractivity contribution in [3.05, 3.63) is 41.2 Å². The normalized spacial score (nSPS) is 18.2. The van der Waals surface area contributed by atoms with Gasteiger partial charge in [0.25, 0.3) is 0 Å². The molecule has 1 unspecified atom stereocenters. The average molecular weight is 348 g/mol. The fourth-order valence-electron chi connectivity index (χ4n) is 3.30. The van der Waals surface area contributed by atoms with Crippen molar-refractivity contribution in [3.8, 4) is 0 Å². The van der Waals surface area contributed by atoms with E-state index in [1.165, 1.54) is 0 Å². The summed E-state index contributed by atoms with van der Waals surface area (Å²) in [5.74, 6) is 0. The quantitative estimate of drug-likeness (QED) is 0.717. The van der Waals surface area contributed by atoms with Crippen LogP contribution in [0.15, 0.2) is 30.6 Å². The van der Waals surface area contributed by atoms with Crippen LogP contribution in [0.1, 0.15) is 45.2 Å². The van der Waals surface area contributed by atoms with Gasteiger partial charge in [-0.25, -0.2) is 9.36 Å². The Balaban J connectivity index is 2.02. The number of halogens is 1. The molecule has 1 aliphatic rings. The maximum Gasteiger partial charge on any atom is 0.410 e. The number of aromatic nitrogens is 1. The topological polar surface area (TPSA) is 33.4 Å². The Morgan fingerprint density at radius 1 is 1.38 bits per heavy atom. The van der Waals surface area contributed by atoms with E-state index >= 15 is 0 Å². The van der Waals surface area contributed by atoms with E-state index in [0.717, 1.165) is 29.2 Å². The minimum absolute atomic E-state index is 0.00319. The van der Waals surface area contributed by atoms with Crippen molar-refractivity contribution in [3.63, 3.8) is 0 Å². The lowest BCUT2D eigenvalue weighted by Crippen LogP contribution is -2.36. The Morgan fingerprint density at radius 2 is 2.12 bits per heavy atom. The van der Waals surface area contributed by atoms with E-state index < -0.39 is 5.60 Å². The lowest BCUT2D eigenvalue weighted by molar-refractivity contribution is -0.670. The Labute approximate surface area is 148 Å². The van der Waals surface area contributed by atoms with Gasteiger partial charge in [-0.15, -0.1) is 0 Å². The number of hydrogen-bond donors (Lipinski definition) is 0. The van der Waals surface area contributed by atoms with Crippen molar-refractivity contribution >= 4 is 28.5 Å². The first-order chi connectivity index (χ1) is 11.2. The van der Waals surface area contributed by atoms with Gasteiger partial charge in [0.05, 0.1) is 11.4 Å². The highest BCUT2D eigenvalue weighted by atomic mass is 35.5. The fourth-order valence-corrected chi connectivity index (χ4v) is 3.53. The third-order valence-corrected chi connectivity index (χ3v) is 4.49. The summed E-state index contributed by atoms with van der Waals surface area (Å²) in [6, 6.07) is 6.01. The molecule has 128 valence electrons. The summed E-state index contributed by atoms with van der Waals surface area (Å²) in [5.41, 5.74) is 0.602. The fraction of sp³-hybridized carbons (Fsp3) is 0.474. The maximum atomic E-state index is 12.6. The highest BCUT2D eigenvalue weighted by Crippen LogP contribution is 2.38. The molecule has 4 nitrogen and oxygen atoms in total. The van der Waals surface area contributed by atoms with Crippen LogP contribution in [-0.2, 0) is 11.8 Å². The minimum Gasteiger partial charge on any atom is -0.444 e. The van der Waals surface area contributed by atoms with E-state index in [1.54, 1.807) is 0 Å². The highest BCUT2D eigenvalue weighted by Gasteiger charge is 2.34. The zero-order valence-electron chi connectivity index (χ0n) is 14.7. The van der Waals surface area contributed by atoms with Crippen LogP contribution < -0.4 is 4.57 Å². The molecule has 1 aromatic heterocycles. The number of likely N-dealkylation sites (tertiary alicyclic amines) is 1. The zero-order valence-corrected chi connectivity index (χ0v) is 15.4. The number of carbonyl (C=O) groups is 1. The average Bonchev–Trinajstić information content (AvgIpc) is 2.94. The first-order valence-corrected chi connectivity index (χ1v) is 8.70. The Kier molecular flexibility index (Phi) is 4.43. The van der Waals surface area contributed by atoms with E-state index in [4.69, 9.17) is 16.3 Å². The summed E-state index contributed by atoms with van der Waals surface area (Å²) < 4.78 is 7.61. The molecule has 0 radical (unpaired) electrons. The summed E-state index contributed by atoms with van der Waals surface area (Å²) >= 11 is 6.33. The molecule has 1 amide bonds. The number of hydrogen-bond acceptors (Lipinski definition) is 2. The van der Waals surface area contributed by atoms with Crippen molar-refractivity contribution in [1.29, 1.82) is 0 Å². The van der Waals surface area contributed by atoms with Gasteiger partial charge in [0.1, 0.15) is 12.6 Å². The molecule has 0 aliphatic carbocycles. The van der Waals surface area contributed by atoms with Crippen LogP contribution in [0.2, 0.25) is 5.02 Å². The molecule has 2 heterocycles. The summed E-state index contributed by atoms with van der Waals surface area (Å²) in [5, 5.41) is 2.92. The molecule has 1 atom stereocenters. The number of nitrogens with zero attached hydrogens (tertiary/aromatic N) is 2. The second-order valence-corrected chi connectivity index (χ2v) is 7.88. The maximum absolute atomic E-state index is 12.6. The van der Waals surface area contributed by atoms with Crippen molar-refractivity contribution in [2.75, 3.05) is 6.54 Å². The molecule has 0 bridgehead atoms. The predicted octanol–water partition coefficient (Wildman–Crippen LogP) is 4.39. The molecule has 24 heavy (non-hydrogen) atoms. The number of amides is 1. The van der Waals surface area contributed by atoms with Gasteiger partial charge in [-0.2, -0.15) is 0 Å². The Hall–Kier alpha value is -1.81. The molecule has 3 rings (SSSR count). The van der Waals surface area contributed by atoms with Crippen LogP contribution in [0.3, 0.4) is 0 Å². The Morgan fingerprint density at radius 3 is 2.83 bits per heavy atom. The molecule has 0 spiro atoms. The van der Waals surface area contributed by atoms with Crippen molar-refractivity contribution in [2.24, 2.45) is 7.05 Å². The first-order valence-electron chi connectivity index (χ1n) is 8.33. The molecule has 1 aliphatic heterocycles. The lowest BCUT2D eigenvalue weighted by Gasteiger charge is -2.29. The molecule has 0 N–H and O–H groups in total. The van der Waals surface area contributed by atoms with Gasteiger partial charge < -0.3 is 9.64 Å². The Bertz CT molecular complexity index is 783. The second-order valence-electron chi connectivity index (χ2n) is 7.44. The van der Waals surface area contributed by atoms with Gasteiger partial charge in [0.15, 0.2) is 12.4 Å². The van der Waals surface area contributed by atoms with Crippen molar-refractivity contribution < 1.29 is 14.1 Å². The lowest BCUT2D eigenvalue weighted by atomic mass is 9.98.